The topological polar surface area (TPSA) is 24.9 Å². The molecule has 4 heteroatoms. The largest absolute Gasteiger partial charge is 0.312 e. The van der Waals surface area contributed by atoms with Crippen LogP contribution in [0.15, 0.2) is 12.3 Å². The van der Waals surface area contributed by atoms with Crippen LogP contribution in [0.3, 0.4) is 0 Å². The van der Waals surface area contributed by atoms with Crippen molar-refractivity contribution < 1.29 is 4.39 Å². The molecule has 2 nitrogen and oxygen atoms in total. The van der Waals surface area contributed by atoms with Crippen LogP contribution in [0.1, 0.15) is 11.1 Å². The van der Waals surface area contributed by atoms with Crippen LogP contribution in [0.4, 0.5) is 4.39 Å². The molecule has 0 aromatic carbocycles. The zero-order valence-corrected chi connectivity index (χ0v) is 7.33. The van der Waals surface area contributed by atoms with Gasteiger partial charge in [-0.1, -0.05) is 0 Å². The minimum Gasteiger partial charge on any atom is -0.312 e. The molecule has 0 saturated carbocycles. The summed E-state index contributed by atoms with van der Waals surface area (Å²) >= 11 is 0. The lowest BCUT2D eigenvalue weighted by Crippen LogP contribution is -2.24. The quantitative estimate of drug-likeness (QED) is 0.621. The first-order valence-electron chi connectivity index (χ1n) is 3.71. The average Bonchev–Trinajstić information content (AvgIpc) is 2.06. The fourth-order valence-corrected chi connectivity index (χ4v) is 1.37. The van der Waals surface area contributed by atoms with E-state index in [9.17, 15) is 4.39 Å². The Morgan fingerprint density at radius 3 is 3.08 bits per heavy atom. The number of nitrogens with one attached hydrogen (secondary N) is 1. The molecule has 66 valence electrons. The lowest BCUT2D eigenvalue weighted by atomic mass is 10.0. The van der Waals surface area contributed by atoms with Crippen LogP contribution >= 0.6 is 12.4 Å². The Balaban J connectivity index is 0.000000720. The first-order valence-corrected chi connectivity index (χ1v) is 3.71. The number of halogens is 2. The summed E-state index contributed by atoms with van der Waals surface area (Å²) in [5.74, 6) is -0.302. The monoisotopic (exact) mass is 188 g/mol. The van der Waals surface area contributed by atoms with E-state index < -0.39 is 0 Å². The van der Waals surface area contributed by atoms with Gasteiger partial charge in [0, 0.05) is 18.3 Å². The smallest absolute Gasteiger partial charge is 0.216 e. The molecule has 12 heavy (non-hydrogen) atoms. The van der Waals surface area contributed by atoms with Gasteiger partial charge in [-0.2, -0.15) is 4.39 Å². The number of hydrogen-bond donors (Lipinski definition) is 1. The standard InChI is InChI=1S/C8H9FN2.ClH/c9-8-7-2-3-10-5-6(7)1-4-11-8;/h1,4,10H,2-3,5H2;1H. The number of nitrogens with zero attached hydrogens (tertiary/aromatic N) is 1. The Kier molecular flexibility index (Phi) is 3.00. The molecule has 0 saturated heterocycles. The fourth-order valence-electron chi connectivity index (χ4n) is 1.37. The molecule has 2 heterocycles. The highest BCUT2D eigenvalue weighted by atomic mass is 35.5. The van der Waals surface area contributed by atoms with E-state index in [2.05, 4.69) is 10.3 Å². The molecule has 1 aromatic heterocycles. The Labute approximate surface area is 76.6 Å². The highest BCUT2D eigenvalue weighted by molar-refractivity contribution is 5.85. The number of pyridine rings is 1. The summed E-state index contributed by atoms with van der Waals surface area (Å²) in [5.41, 5.74) is 1.83. The molecule has 0 bridgehead atoms. The Hall–Kier alpha value is -0.670. The van der Waals surface area contributed by atoms with Gasteiger partial charge in [0.15, 0.2) is 0 Å². The van der Waals surface area contributed by atoms with Gasteiger partial charge in [0.2, 0.25) is 5.95 Å². The molecule has 0 amide bonds. The van der Waals surface area contributed by atoms with Gasteiger partial charge in [0.05, 0.1) is 0 Å². The van der Waals surface area contributed by atoms with E-state index in [0.29, 0.717) is 0 Å². The zero-order valence-electron chi connectivity index (χ0n) is 6.51. The van der Waals surface area contributed by atoms with Gasteiger partial charge in [-0.3, -0.25) is 0 Å². The van der Waals surface area contributed by atoms with E-state index in [-0.39, 0.29) is 18.4 Å². The van der Waals surface area contributed by atoms with E-state index in [0.717, 1.165) is 30.6 Å². The van der Waals surface area contributed by atoms with Gasteiger partial charge in [-0.25, -0.2) is 4.98 Å². The SMILES string of the molecule is Cl.Fc1nccc2c1CCNC2. The summed E-state index contributed by atoms with van der Waals surface area (Å²) in [6, 6.07) is 1.87. The van der Waals surface area contributed by atoms with Gasteiger partial charge in [-0.05, 0) is 24.6 Å². The van der Waals surface area contributed by atoms with Crippen molar-refractivity contribution in [3.8, 4) is 0 Å². The summed E-state index contributed by atoms with van der Waals surface area (Å²) in [5, 5.41) is 3.17. The maximum Gasteiger partial charge on any atom is 0.216 e. The number of rotatable bonds is 0. The maximum absolute atomic E-state index is 12.9. The molecule has 1 aliphatic rings. The lowest BCUT2D eigenvalue weighted by molar-refractivity contribution is 0.537. The molecule has 0 fully saturated rings. The number of aromatic nitrogens is 1. The minimum absolute atomic E-state index is 0. The molecule has 0 spiro atoms. The molecule has 1 N–H and O–H groups in total. The summed E-state index contributed by atoms with van der Waals surface area (Å²) in [7, 11) is 0. The van der Waals surface area contributed by atoms with Crippen molar-refractivity contribution in [3.63, 3.8) is 0 Å². The van der Waals surface area contributed by atoms with E-state index in [1.807, 2.05) is 6.07 Å². The van der Waals surface area contributed by atoms with Crippen LogP contribution in [-0.4, -0.2) is 11.5 Å². The second-order valence-electron chi connectivity index (χ2n) is 2.67. The van der Waals surface area contributed by atoms with Gasteiger partial charge < -0.3 is 5.32 Å². The van der Waals surface area contributed by atoms with Gasteiger partial charge in [-0.15, -0.1) is 12.4 Å². The first-order chi connectivity index (χ1) is 5.38. The van der Waals surface area contributed by atoms with Crippen LogP contribution in [0.5, 0.6) is 0 Å². The van der Waals surface area contributed by atoms with Crippen molar-refractivity contribution in [2.75, 3.05) is 6.54 Å². The normalized spacial score (nSPS) is 14.8. The molecule has 1 aromatic rings. The van der Waals surface area contributed by atoms with Crippen LogP contribution in [0, 0.1) is 5.95 Å². The van der Waals surface area contributed by atoms with Gasteiger partial charge in [0.1, 0.15) is 0 Å². The molecule has 0 radical (unpaired) electrons. The van der Waals surface area contributed by atoms with Crippen molar-refractivity contribution in [2.24, 2.45) is 0 Å². The fraction of sp³-hybridized carbons (Fsp3) is 0.375. The van der Waals surface area contributed by atoms with Crippen LogP contribution in [0.2, 0.25) is 0 Å². The molecular weight excluding hydrogens is 179 g/mol. The predicted molar refractivity (Wildman–Crippen MR) is 46.9 cm³/mol. The van der Waals surface area contributed by atoms with E-state index >= 15 is 0 Å². The average molecular weight is 189 g/mol. The molecule has 0 atom stereocenters. The third kappa shape index (κ3) is 1.57. The second kappa shape index (κ2) is 3.83. The van der Waals surface area contributed by atoms with E-state index in [4.69, 9.17) is 0 Å². The summed E-state index contributed by atoms with van der Waals surface area (Å²) in [4.78, 5) is 3.60. The van der Waals surface area contributed by atoms with Crippen molar-refractivity contribution in [1.82, 2.24) is 10.3 Å². The van der Waals surface area contributed by atoms with Crippen molar-refractivity contribution >= 4 is 12.4 Å². The zero-order chi connectivity index (χ0) is 7.68. The summed E-state index contributed by atoms with van der Waals surface area (Å²) < 4.78 is 12.9. The van der Waals surface area contributed by atoms with Crippen molar-refractivity contribution in [2.45, 2.75) is 13.0 Å². The van der Waals surface area contributed by atoms with Crippen LogP contribution in [0.25, 0.3) is 0 Å². The van der Waals surface area contributed by atoms with Crippen LogP contribution < -0.4 is 5.32 Å². The Bertz CT molecular complexity index is 278. The molecule has 2 rings (SSSR count). The third-order valence-electron chi connectivity index (χ3n) is 1.97. The Morgan fingerprint density at radius 1 is 1.50 bits per heavy atom. The molecule has 1 aliphatic heterocycles. The highest BCUT2D eigenvalue weighted by Gasteiger charge is 2.12. The first kappa shape index (κ1) is 9.42. The predicted octanol–water partition coefficient (Wildman–Crippen LogP) is 1.29. The molecule has 0 aliphatic carbocycles. The highest BCUT2D eigenvalue weighted by Crippen LogP contribution is 2.14. The van der Waals surface area contributed by atoms with Gasteiger partial charge in [0.25, 0.3) is 0 Å². The van der Waals surface area contributed by atoms with E-state index in [1.54, 1.807) is 0 Å². The number of fused-ring (bicyclic) bond motifs is 1. The summed E-state index contributed by atoms with van der Waals surface area (Å²) in [6.07, 6.45) is 2.27. The van der Waals surface area contributed by atoms with Crippen LogP contribution in [-0.2, 0) is 13.0 Å². The van der Waals surface area contributed by atoms with E-state index in [1.165, 1.54) is 6.20 Å². The maximum atomic E-state index is 12.9. The summed E-state index contributed by atoms with van der Waals surface area (Å²) in [6.45, 7) is 1.63. The van der Waals surface area contributed by atoms with Crippen molar-refractivity contribution in [3.05, 3.63) is 29.3 Å². The molecular formula is C8H10ClFN2. The second-order valence-corrected chi connectivity index (χ2v) is 2.67. The Morgan fingerprint density at radius 2 is 2.33 bits per heavy atom. The number of hydrogen-bond acceptors (Lipinski definition) is 2. The molecule has 0 unspecified atom stereocenters. The minimum atomic E-state index is -0.302. The lowest BCUT2D eigenvalue weighted by Gasteiger charge is -2.15. The van der Waals surface area contributed by atoms with Crippen molar-refractivity contribution in [1.29, 1.82) is 0 Å². The third-order valence-corrected chi connectivity index (χ3v) is 1.97. The van der Waals surface area contributed by atoms with Gasteiger partial charge >= 0.3 is 0 Å².